The van der Waals surface area contributed by atoms with E-state index in [-0.39, 0.29) is 11.9 Å². The quantitative estimate of drug-likeness (QED) is 0.748. The molecule has 0 aliphatic heterocycles. The smallest absolute Gasteiger partial charge is 0.313 e. The summed E-state index contributed by atoms with van der Waals surface area (Å²) in [5, 5.41) is 1.97. The van der Waals surface area contributed by atoms with Crippen molar-refractivity contribution in [2.45, 2.75) is 13.3 Å². The zero-order valence-corrected chi connectivity index (χ0v) is 9.04. The van der Waals surface area contributed by atoms with Crippen molar-refractivity contribution in [3.05, 3.63) is 29.8 Å². The van der Waals surface area contributed by atoms with Gasteiger partial charge in [0.1, 0.15) is 0 Å². The molecular formula is C11H10O3S. The number of ether oxygens (including phenoxy) is 1. The molecule has 0 amide bonds. The molecule has 0 bridgehead atoms. The minimum atomic E-state index is -0.289. The van der Waals surface area contributed by atoms with Crippen LogP contribution in [0.1, 0.15) is 13.3 Å². The van der Waals surface area contributed by atoms with Crippen molar-refractivity contribution >= 4 is 17.3 Å². The number of hydrogen-bond donors (Lipinski definition) is 0. The first kappa shape index (κ1) is 9.98. The summed E-state index contributed by atoms with van der Waals surface area (Å²) in [6, 6.07) is 5.70. The Morgan fingerprint density at radius 1 is 1.53 bits per heavy atom. The van der Waals surface area contributed by atoms with Gasteiger partial charge in [-0.2, -0.15) is 0 Å². The van der Waals surface area contributed by atoms with Crippen molar-refractivity contribution in [2.75, 3.05) is 0 Å². The Morgan fingerprint density at radius 2 is 2.40 bits per heavy atom. The van der Waals surface area contributed by atoms with E-state index in [1.165, 1.54) is 6.26 Å². The van der Waals surface area contributed by atoms with Crippen LogP contribution in [0.25, 0.3) is 10.4 Å². The molecule has 4 heteroatoms. The highest BCUT2D eigenvalue weighted by molar-refractivity contribution is 7.13. The second-order valence-corrected chi connectivity index (χ2v) is 3.87. The molecule has 0 unspecified atom stereocenters. The molecule has 0 aliphatic rings. The van der Waals surface area contributed by atoms with Crippen LogP contribution in [0, 0.1) is 0 Å². The largest absolute Gasteiger partial charge is 0.433 e. The van der Waals surface area contributed by atoms with Crippen molar-refractivity contribution < 1.29 is 13.9 Å². The highest BCUT2D eigenvalue weighted by Gasteiger charge is 2.13. The number of esters is 1. The van der Waals surface area contributed by atoms with Crippen LogP contribution in [0.3, 0.4) is 0 Å². The maximum Gasteiger partial charge on any atom is 0.313 e. The van der Waals surface area contributed by atoms with Crippen LogP contribution in [0.5, 0.6) is 5.95 Å². The number of thiophene rings is 1. The fraction of sp³-hybridized carbons (Fsp3) is 0.182. The van der Waals surface area contributed by atoms with Crippen molar-refractivity contribution in [3.8, 4) is 16.4 Å². The fourth-order valence-corrected chi connectivity index (χ4v) is 1.90. The molecule has 78 valence electrons. The molecule has 0 fully saturated rings. The maximum absolute atomic E-state index is 11.1. The van der Waals surface area contributed by atoms with Crippen LogP contribution in [-0.4, -0.2) is 5.97 Å². The number of carbonyl (C=O) groups is 1. The summed E-state index contributed by atoms with van der Waals surface area (Å²) in [5.41, 5.74) is 0.826. The molecule has 2 heterocycles. The van der Waals surface area contributed by atoms with Crippen LogP contribution in [0.15, 0.2) is 34.3 Å². The Bertz CT molecular complexity index is 442. The third-order valence-corrected chi connectivity index (χ3v) is 2.81. The van der Waals surface area contributed by atoms with E-state index in [1.807, 2.05) is 17.5 Å². The van der Waals surface area contributed by atoms with Crippen LogP contribution < -0.4 is 4.74 Å². The number of furan rings is 1. The zero-order valence-electron chi connectivity index (χ0n) is 8.23. The molecule has 0 saturated carbocycles. The van der Waals surface area contributed by atoms with E-state index in [0.717, 1.165) is 10.4 Å². The van der Waals surface area contributed by atoms with Crippen molar-refractivity contribution in [2.24, 2.45) is 0 Å². The predicted molar refractivity (Wildman–Crippen MR) is 57.9 cm³/mol. The van der Waals surface area contributed by atoms with Gasteiger partial charge in [-0.15, -0.1) is 11.3 Å². The van der Waals surface area contributed by atoms with Gasteiger partial charge in [0.05, 0.1) is 11.8 Å². The summed E-state index contributed by atoms with van der Waals surface area (Å²) in [4.78, 5) is 12.2. The molecule has 2 aromatic heterocycles. The van der Waals surface area contributed by atoms with Crippen molar-refractivity contribution in [1.29, 1.82) is 0 Å². The number of rotatable bonds is 3. The molecule has 0 N–H and O–H groups in total. The minimum Gasteiger partial charge on any atom is -0.433 e. The Labute approximate surface area is 91.3 Å². The zero-order chi connectivity index (χ0) is 10.7. The number of carbonyl (C=O) groups excluding carboxylic acids is 1. The summed E-state index contributed by atoms with van der Waals surface area (Å²) >= 11 is 1.58. The molecule has 2 rings (SSSR count). The van der Waals surface area contributed by atoms with E-state index in [9.17, 15) is 4.79 Å². The second kappa shape index (κ2) is 4.31. The van der Waals surface area contributed by atoms with E-state index in [0.29, 0.717) is 6.42 Å². The highest BCUT2D eigenvalue weighted by Crippen LogP contribution is 2.34. The molecule has 0 atom stereocenters. The van der Waals surface area contributed by atoms with Crippen LogP contribution in [0.4, 0.5) is 0 Å². The van der Waals surface area contributed by atoms with E-state index >= 15 is 0 Å². The van der Waals surface area contributed by atoms with Gasteiger partial charge in [0.15, 0.2) is 0 Å². The molecule has 3 nitrogen and oxygen atoms in total. The first-order valence-electron chi connectivity index (χ1n) is 4.63. The van der Waals surface area contributed by atoms with Gasteiger partial charge in [-0.25, -0.2) is 0 Å². The van der Waals surface area contributed by atoms with Gasteiger partial charge < -0.3 is 9.15 Å². The molecule has 0 radical (unpaired) electrons. The van der Waals surface area contributed by atoms with Crippen molar-refractivity contribution in [3.63, 3.8) is 0 Å². The second-order valence-electron chi connectivity index (χ2n) is 2.93. The molecule has 0 saturated heterocycles. The lowest BCUT2D eigenvalue weighted by molar-refractivity contribution is -0.135. The minimum absolute atomic E-state index is 0.282. The van der Waals surface area contributed by atoms with E-state index < -0.39 is 0 Å². The van der Waals surface area contributed by atoms with E-state index in [2.05, 4.69) is 0 Å². The van der Waals surface area contributed by atoms with Crippen LogP contribution >= 0.6 is 11.3 Å². The lowest BCUT2D eigenvalue weighted by Gasteiger charge is -2.00. The van der Waals surface area contributed by atoms with Gasteiger partial charge in [0, 0.05) is 11.3 Å². The Kier molecular flexibility index (Phi) is 2.87. The Morgan fingerprint density at radius 3 is 3.07 bits per heavy atom. The summed E-state index contributed by atoms with van der Waals surface area (Å²) in [7, 11) is 0. The summed E-state index contributed by atoms with van der Waals surface area (Å²) in [6.07, 6.45) is 1.86. The fourth-order valence-electron chi connectivity index (χ4n) is 1.16. The predicted octanol–water partition coefficient (Wildman–Crippen LogP) is 3.32. The summed E-state index contributed by atoms with van der Waals surface area (Å²) in [5.74, 6) is -0.00736. The highest BCUT2D eigenvalue weighted by atomic mass is 32.1. The van der Waals surface area contributed by atoms with Crippen molar-refractivity contribution in [1.82, 2.24) is 0 Å². The first-order valence-corrected chi connectivity index (χ1v) is 5.51. The SMILES string of the molecule is CCC(=O)Oc1occc1-c1cccs1. The molecule has 2 aromatic rings. The molecule has 0 spiro atoms. The lowest BCUT2D eigenvalue weighted by Crippen LogP contribution is -2.05. The third kappa shape index (κ3) is 2.10. The normalized spacial score (nSPS) is 10.2. The monoisotopic (exact) mass is 222 g/mol. The Balaban J connectivity index is 2.27. The molecular weight excluding hydrogens is 212 g/mol. The van der Waals surface area contributed by atoms with E-state index in [1.54, 1.807) is 24.3 Å². The first-order chi connectivity index (χ1) is 7.31. The van der Waals surface area contributed by atoms with Gasteiger partial charge in [-0.1, -0.05) is 13.0 Å². The van der Waals surface area contributed by atoms with E-state index in [4.69, 9.17) is 9.15 Å². The molecule has 0 aliphatic carbocycles. The average Bonchev–Trinajstić information content (AvgIpc) is 2.86. The molecule has 0 aromatic carbocycles. The van der Waals surface area contributed by atoms with Crippen LogP contribution in [-0.2, 0) is 4.79 Å². The lowest BCUT2D eigenvalue weighted by atomic mass is 10.3. The van der Waals surface area contributed by atoms with Gasteiger partial charge in [-0.05, 0) is 17.5 Å². The summed E-state index contributed by atoms with van der Waals surface area (Å²) < 4.78 is 10.2. The standard InChI is InChI=1S/C11H10O3S/c1-2-10(12)14-11-8(5-6-13-11)9-4-3-7-15-9/h3-7H,2H2,1H3. The maximum atomic E-state index is 11.1. The van der Waals surface area contributed by atoms with Gasteiger partial charge >= 0.3 is 11.9 Å². The summed E-state index contributed by atoms with van der Waals surface area (Å²) in [6.45, 7) is 1.75. The number of hydrogen-bond acceptors (Lipinski definition) is 4. The third-order valence-electron chi connectivity index (χ3n) is 1.91. The van der Waals surface area contributed by atoms with Gasteiger partial charge in [0.2, 0.25) is 0 Å². The van der Waals surface area contributed by atoms with Gasteiger partial charge in [-0.3, -0.25) is 4.79 Å². The average molecular weight is 222 g/mol. The van der Waals surface area contributed by atoms with Gasteiger partial charge in [0.25, 0.3) is 0 Å². The Hall–Kier alpha value is -1.55. The topological polar surface area (TPSA) is 39.4 Å². The molecule has 15 heavy (non-hydrogen) atoms. The van der Waals surface area contributed by atoms with Crippen LogP contribution in [0.2, 0.25) is 0 Å².